The second-order valence-electron chi connectivity index (χ2n) is 3.70. The maximum absolute atomic E-state index is 12.0. The third kappa shape index (κ3) is 3.06. The molecule has 0 radical (unpaired) electrons. The third-order valence-electron chi connectivity index (χ3n) is 2.22. The first-order valence-corrected chi connectivity index (χ1v) is 5.17. The van der Waals surface area contributed by atoms with Gasteiger partial charge in [0, 0.05) is 18.8 Å². The Balaban J connectivity index is 2.67. The van der Waals surface area contributed by atoms with Crippen molar-refractivity contribution in [2.45, 2.75) is 26.3 Å². The summed E-state index contributed by atoms with van der Waals surface area (Å²) < 4.78 is 0. The van der Waals surface area contributed by atoms with Gasteiger partial charge in [0.1, 0.15) is 5.69 Å². The van der Waals surface area contributed by atoms with Crippen molar-refractivity contribution >= 4 is 5.91 Å². The van der Waals surface area contributed by atoms with Crippen LogP contribution in [0.25, 0.3) is 0 Å². The molecule has 0 atom stereocenters. The Labute approximate surface area is 89.6 Å². The number of rotatable bonds is 5. The smallest absolute Gasteiger partial charge is 0.272 e. The number of carbonyl (C=O) groups is 1. The van der Waals surface area contributed by atoms with Crippen LogP contribution in [0.4, 0.5) is 0 Å². The average Bonchev–Trinajstić information content (AvgIpc) is 2.70. The van der Waals surface area contributed by atoms with E-state index in [1.807, 2.05) is 13.8 Å². The molecule has 0 saturated carbocycles. The van der Waals surface area contributed by atoms with Crippen molar-refractivity contribution in [1.82, 2.24) is 15.1 Å². The lowest BCUT2D eigenvalue weighted by Gasteiger charge is -2.25. The first-order chi connectivity index (χ1) is 7.16. The summed E-state index contributed by atoms with van der Waals surface area (Å²) in [7, 11) is 0. The van der Waals surface area contributed by atoms with E-state index >= 15 is 0 Å². The Morgan fingerprint density at radius 1 is 1.67 bits per heavy atom. The zero-order chi connectivity index (χ0) is 11.3. The van der Waals surface area contributed by atoms with Gasteiger partial charge in [-0.25, -0.2) is 0 Å². The van der Waals surface area contributed by atoms with Crippen molar-refractivity contribution in [3.8, 4) is 0 Å². The Kier molecular flexibility index (Phi) is 4.30. The molecule has 15 heavy (non-hydrogen) atoms. The summed E-state index contributed by atoms with van der Waals surface area (Å²) in [6, 6.07) is 1.85. The molecule has 0 saturated heterocycles. The van der Waals surface area contributed by atoms with E-state index in [1.54, 1.807) is 17.2 Å². The van der Waals surface area contributed by atoms with E-state index in [2.05, 4.69) is 10.2 Å². The lowest BCUT2D eigenvalue weighted by molar-refractivity contribution is 0.0699. The molecule has 1 amide bonds. The van der Waals surface area contributed by atoms with Gasteiger partial charge in [-0.05, 0) is 32.9 Å². The van der Waals surface area contributed by atoms with Crippen molar-refractivity contribution in [2.75, 3.05) is 13.1 Å². The summed E-state index contributed by atoms with van der Waals surface area (Å²) in [5.41, 5.74) is 5.97. The van der Waals surface area contributed by atoms with Crippen LogP contribution in [-0.2, 0) is 0 Å². The molecule has 84 valence electrons. The molecule has 0 spiro atoms. The Morgan fingerprint density at radius 3 is 2.87 bits per heavy atom. The summed E-state index contributed by atoms with van der Waals surface area (Å²) in [5.74, 6) is -0.0176. The van der Waals surface area contributed by atoms with Crippen LogP contribution in [0.3, 0.4) is 0 Å². The molecule has 0 aliphatic heterocycles. The van der Waals surface area contributed by atoms with Crippen molar-refractivity contribution in [2.24, 2.45) is 5.73 Å². The average molecular weight is 210 g/mol. The van der Waals surface area contributed by atoms with Crippen LogP contribution in [0.2, 0.25) is 0 Å². The van der Waals surface area contributed by atoms with Gasteiger partial charge in [-0.3, -0.25) is 9.89 Å². The summed E-state index contributed by atoms with van der Waals surface area (Å²) in [4.78, 5) is 13.8. The largest absolute Gasteiger partial charge is 0.335 e. The molecular weight excluding hydrogens is 192 g/mol. The fraction of sp³-hybridized carbons (Fsp3) is 0.600. The summed E-state index contributed by atoms with van der Waals surface area (Å²) in [6.07, 6.45) is 2.40. The quantitative estimate of drug-likeness (QED) is 0.747. The number of nitrogens with one attached hydrogen (secondary N) is 1. The zero-order valence-electron chi connectivity index (χ0n) is 9.23. The molecule has 0 unspecified atom stereocenters. The van der Waals surface area contributed by atoms with Crippen LogP contribution in [-0.4, -0.2) is 40.1 Å². The van der Waals surface area contributed by atoms with E-state index in [0.717, 1.165) is 6.42 Å². The highest BCUT2D eigenvalue weighted by atomic mass is 16.2. The SMILES string of the molecule is CC(C)N(CCCN)C(=O)c1ccn[nH]1. The van der Waals surface area contributed by atoms with Crippen molar-refractivity contribution in [3.63, 3.8) is 0 Å². The summed E-state index contributed by atoms with van der Waals surface area (Å²) in [6.45, 7) is 5.26. The van der Waals surface area contributed by atoms with E-state index in [-0.39, 0.29) is 11.9 Å². The molecule has 0 aromatic carbocycles. The van der Waals surface area contributed by atoms with Gasteiger partial charge in [0.05, 0.1) is 0 Å². The molecule has 1 aromatic rings. The normalized spacial score (nSPS) is 10.7. The van der Waals surface area contributed by atoms with Crippen molar-refractivity contribution in [1.29, 1.82) is 0 Å². The molecule has 1 aromatic heterocycles. The third-order valence-corrected chi connectivity index (χ3v) is 2.22. The molecule has 1 rings (SSSR count). The van der Waals surface area contributed by atoms with Gasteiger partial charge in [0.15, 0.2) is 0 Å². The van der Waals surface area contributed by atoms with E-state index < -0.39 is 0 Å². The van der Waals surface area contributed by atoms with Gasteiger partial charge in [-0.1, -0.05) is 0 Å². The van der Waals surface area contributed by atoms with Crippen LogP contribution in [0.1, 0.15) is 30.8 Å². The molecular formula is C10H18N4O. The number of nitrogens with zero attached hydrogens (tertiary/aromatic N) is 2. The van der Waals surface area contributed by atoms with E-state index in [4.69, 9.17) is 5.73 Å². The lowest BCUT2D eigenvalue weighted by Crippen LogP contribution is -2.38. The predicted molar refractivity (Wildman–Crippen MR) is 58.4 cm³/mol. The highest BCUT2D eigenvalue weighted by Crippen LogP contribution is 2.06. The van der Waals surface area contributed by atoms with Gasteiger partial charge in [0.25, 0.3) is 5.91 Å². The molecule has 5 heteroatoms. The first kappa shape index (κ1) is 11.7. The lowest BCUT2D eigenvalue weighted by atomic mass is 10.2. The minimum absolute atomic E-state index is 0.0176. The van der Waals surface area contributed by atoms with Crippen molar-refractivity contribution in [3.05, 3.63) is 18.0 Å². The molecule has 0 aliphatic rings. The second-order valence-corrected chi connectivity index (χ2v) is 3.70. The van der Waals surface area contributed by atoms with Crippen LogP contribution in [0.5, 0.6) is 0 Å². The molecule has 5 nitrogen and oxygen atoms in total. The maximum Gasteiger partial charge on any atom is 0.272 e. The minimum Gasteiger partial charge on any atom is -0.335 e. The van der Waals surface area contributed by atoms with Gasteiger partial charge in [-0.2, -0.15) is 5.10 Å². The van der Waals surface area contributed by atoms with Crippen LogP contribution >= 0.6 is 0 Å². The fourth-order valence-electron chi connectivity index (χ4n) is 1.39. The van der Waals surface area contributed by atoms with Gasteiger partial charge >= 0.3 is 0 Å². The first-order valence-electron chi connectivity index (χ1n) is 5.17. The van der Waals surface area contributed by atoms with Crippen molar-refractivity contribution < 1.29 is 4.79 Å². The Morgan fingerprint density at radius 2 is 2.40 bits per heavy atom. The minimum atomic E-state index is -0.0176. The van der Waals surface area contributed by atoms with Crippen LogP contribution in [0, 0.1) is 0 Å². The molecule has 0 bridgehead atoms. The number of hydrogen-bond donors (Lipinski definition) is 2. The number of hydrogen-bond acceptors (Lipinski definition) is 3. The van der Waals surface area contributed by atoms with E-state index in [0.29, 0.717) is 18.8 Å². The monoisotopic (exact) mass is 210 g/mol. The maximum atomic E-state index is 12.0. The molecule has 1 heterocycles. The number of amides is 1. The van der Waals surface area contributed by atoms with E-state index in [9.17, 15) is 4.79 Å². The number of aromatic nitrogens is 2. The predicted octanol–water partition coefficient (Wildman–Crippen LogP) is 0.609. The highest BCUT2D eigenvalue weighted by Gasteiger charge is 2.18. The number of nitrogens with two attached hydrogens (primary N) is 1. The highest BCUT2D eigenvalue weighted by molar-refractivity contribution is 5.92. The van der Waals surface area contributed by atoms with Gasteiger partial charge < -0.3 is 10.6 Å². The molecule has 3 N–H and O–H groups in total. The zero-order valence-corrected chi connectivity index (χ0v) is 9.23. The number of carbonyl (C=O) groups excluding carboxylic acids is 1. The van der Waals surface area contributed by atoms with Gasteiger partial charge in [0.2, 0.25) is 0 Å². The van der Waals surface area contributed by atoms with E-state index in [1.165, 1.54) is 0 Å². The summed E-state index contributed by atoms with van der Waals surface area (Å²) >= 11 is 0. The standard InChI is InChI=1S/C10H18N4O/c1-8(2)14(7-3-5-11)10(15)9-4-6-12-13-9/h4,6,8H,3,5,7,11H2,1-2H3,(H,12,13). The van der Waals surface area contributed by atoms with Gasteiger partial charge in [-0.15, -0.1) is 0 Å². The Hall–Kier alpha value is -1.36. The fourth-order valence-corrected chi connectivity index (χ4v) is 1.39. The summed E-state index contributed by atoms with van der Waals surface area (Å²) in [5, 5.41) is 6.44. The molecule has 0 aliphatic carbocycles. The Bertz CT molecular complexity index is 294. The number of H-pyrrole nitrogens is 1. The topological polar surface area (TPSA) is 75.0 Å². The van der Waals surface area contributed by atoms with Crippen LogP contribution in [0.15, 0.2) is 12.3 Å². The van der Waals surface area contributed by atoms with Crippen LogP contribution < -0.4 is 5.73 Å². The second kappa shape index (κ2) is 5.50. The molecule has 0 fully saturated rings. The number of aromatic amines is 1.